The number of nitrogens with zero attached hydrogens (tertiary/aromatic N) is 1. The van der Waals surface area contributed by atoms with Crippen molar-refractivity contribution in [1.29, 1.82) is 0 Å². The Labute approximate surface area is 150 Å². The summed E-state index contributed by atoms with van der Waals surface area (Å²) in [5.74, 6) is -1.48. The molecule has 0 radical (unpaired) electrons. The van der Waals surface area contributed by atoms with Crippen LogP contribution in [0.1, 0.15) is 35.3 Å². The summed E-state index contributed by atoms with van der Waals surface area (Å²) in [6.45, 7) is 0. The van der Waals surface area contributed by atoms with Crippen LogP contribution in [0.3, 0.4) is 0 Å². The van der Waals surface area contributed by atoms with Gasteiger partial charge in [0.1, 0.15) is 11.4 Å². The van der Waals surface area contributed by atoms with Crippen LogP contribution in [0, 0.1) is 0 Å². The molecule has 0 saturated heterocycles. The first-order chi connectivity index (χ1) is 12.2. The van der Waals surface area contributed by atoms with Gasteiger partial charge in [0.25, 0.3) is 5.91 Å². The molecule has 10 heteroatoms. The third kappa shape index (κ3) is 3.64. The normalized spacial score (nSPS) is 15.8. The number of benzene rings is 1. The first-order valence-electron chi connectivity index (χ1n) is 7.63. The summed E-state index contributed by atoms with van der Waals surface area (Å²) < 4.78 is 41.2. The molecule has 26 heavy (non-hydrogen) atoms. The van der Waals surface area contributed by atoms with E-state index in [-0.39, 0.29) is 16.6 Å². The Morgan fingerprint density at radius 1 is 1.31 bits per heavy atom. The summed E-state index contributed by atoms with van der Waals surface area (Å²) in [7, 11) is 0. The van der Waals surface area contributed by atoms with Crippen molar-refractivity contribution in [3.05, 3.63) is 40.9 Å². The van der Waals surface area contributed by atoms with E-state index in [1.165, 1.54) is 23.6 Å². The lowest BCUT2D eigenvalue weighted by molar-refractivity contribution is -0.274. The predicted molar refractivity (Wildman–Crippen MR) is 87.9 cm³/mol. The number of thiazole rings is 1. The number of carbonyl (C=O) groups excluding carboxylic acids is 2. The van der Waals surface area contributed by atoms with Crippen molar-refractivity contribution >= 4 is 28.3 Å². The molecule has 0 unspecified atom stereocenters. The standard InChI is InChI=1S/C16H14F3N3O3S/c17-16(18,19)25-10-4-1-3-9(7-10)15(5-2-6-15)13(24)22-14-21-11(8-26-14)12(20)23/h1,3-4,7-8H,2,5-6H2,(H2,20,23)(H,21,22,24). The van der Waals surface area contributed by atoms with Gasteiger partial charge >= 0.3 is 6.36 Å². The highest BCUT2D eigenvalue weighted by molar-refractivity contribution is 7.14. The summed E-state index contributed by atoms with van der Waals surface area (Å²) in [5.41, 5.74) is 4.65. The summed E-state index contributed by atoms with van der Waals surface area (Å²) in [4.78, 5) is 27.8. The summed E-state index contributed by atoms with van der Waals surface area (Å²) >= 11 is 1.05. The summed E-state index contributed by atoms with van der Waals surface area (Å²) in [6, 6.07) is 5.42. The number of carbonyl (C=O) groups is 2. The quantitative estimate of drug-likeness (QED) is 0.826. The molecule has 0 bridgehead atoms. The highest BCUT2D eigenvalue weighted by Crippen LogP contribution is 2.45. The van der Waals surface area contributed by atoms with Crippen molar-refractivity contribution in [1.82, 2.24) is 4.98 Å². The van der Waals surface area contributed by atoms with Crippen LogP contribution >= 0.6 is 11.3 Å². The Morgan fingerprint density at radius 3 is 2.58 bits per heavy atom. The van der Waals surface area contributed by atoms with Gasteiger partial charge in [0.05, 0.1) is 5.41 Å². The first-order valence-corrected chi connectivity index (χ1v) is 8.51. The number of ether oxygens (including phenoxy) is 1. The molecular formula is C16H14F3N3O3S. The topological polar surface area (TPSA) is 94.3 Å². The van der Waals surface area contributed by atoms with E-state index in [9.17, 15) is 22.8 Å². The van der Waals surface area contributed by atoms with Gasteiger partial charge in [0.2, 0.25) is 5.91 Å². The number of nitrogens with one attached hydrogen (secondary N) is 1. The van der Waals surface area contributed by atoms with E-state index in [1.54, 1.807) is 6.07 Å². The molecule has 1 aliphatic rings. The van der Waals surface area contributed by atoms with Crippen LogP contribution in [0.15, 0.2) is 29.6 Å². The second-order valence-corrected chi connectivity index (χ2v) is 6.73. The van der Waals surface area contributed by atoms with E-state index in [1.807, 2.05) is 0 Å². The number of hydrogen-bond donors (Lipinski definition) is 2. The smallest absolute Gasteiger partial charge is 0.406 e. The fourth-order valence-electron chi connectivity index (χ4n) is 2.83. The lowest BCUT2D eigenvalue weighted by Gasteiger charge is -2.40. The molecule has 2 aromatic rings. The third-order valence-corrected chi connectivity index (χ3v) is 5.00. The van der Waals surface area contributed by atoms with Crippen LogP contribution in [0.25, 0.3) is 0 Å². The Bertz CT molecular complexity index is 847. The average molecular weight is 385 g/mol. The Kier molecular flexibility index (Phi) is 4.61. The third-order valence-electron chi connectivity index (χ3n) is 4.24. The maximum Gasteiger partial charge on any atom is 0.573 e. The van der Waals surface area contributed by atoms with Crippen molar-refractivity contribution in [2.75, 3.05) is 5.32 Å². The number of amides is 2. The molecule has 3 N–H and O–H groups in total. The summed E-state index contributed by atoms with van der Waals surface area (Å²) in [6.07, 6.45) is -3.06. The van der Waals surface area contributed by atoms with Crippen molar-refractivity contribution < 1.29 is 27.5 Å². The first kappa shape index (κ1) is 18.2. The molecule has 6 nitrogen and oxygen atoms in total. The van der Waals surface area contributed by atoms with Crippen molar-refractivity contribution in [2.45, 2.75) is 31.0 Å². The van der Waals surface area contributed by atoms with E-state index in [2.05, 4.69) is 15.0 Å². The van der Waals surface area contributed by atoms with Crippen LogP contribution in [0.2, 0.25) is 0 Å². The molecule has 2 amide bonds. The molecule has 1 saturated carbocycles. The zero-order valence-electron chi connectivity index (χ0n) is 13.3. The van der Waals surface area contributed by atoms with Crippen LogP contribution < -0.4 is 15.8 Å². The number of anilines is 1. The van der Waals surface area contributed by atoms with Gasteiger partial charge in [-0.2, -0.15) is 0 Å². The molecule has 1 aromatic carbocycles. The molecule has 1 fully saturated rings. The number of alkyl halides is 3. The van der Waals surface area contributed by atoms with Gasteiger partial charge in [-0.1, -0.05) is 18.6 Å². The molecule has 138 valence electrons. The number of hydrogen-bond acceptors (Lipinski definition) is 5. The van der Waals surface area contributed by atoms with E-state index < -0.39 is 23.6 Å². The van der Waals surface area contributed by atoms with Crippen LogP contribution in [0.4, 0.5) is 18.3 Å². The van der Waals surface area contributed by atoms with Gasteiger partial charge in [-0.15, -0.1) is 24.5 Å². The maximum absolute atomic E-state index is 12.8. The van der Waals surface area contributed by atoms with Crippen LogP contribution in [-0.4, -0.2) is 23.2 Å². The zero-order valence-corrected chi connectivity index (χ0v) is 14.1. The second-order valence-electron chi connectivity index (χ2n) is 5.87. The molecule has 1 heterocycles. The SMILES string of the molecule is NC(=O)c1csc(NC(=O)C2(c3cccc(OC(F)(F)F)c3)CCC2)n1. The lowest BCUT2D eigenvalue weighted by Crippen LogP contribution is -2.46. The number of rotatable bonds is 5. The predicted octanol–water partition coefficient (Wildman–Crippen LogP) is 3.20. The molecule has 3 rings (SSSR count). The van der Waals surface area contributed by atoms with Gasteiger partial charge < -0.3 is 15.8 Å². The lowest BCUT2D eigenvalue weighted by atomic mass is 9.64. The van der Waals surface area contributed by atoms with Gasteiger partial charge in [-0.3, -0.25) is 9.59 Å². The highest BCUT2D eigenvalue weighted by Gasteiger charge is 2.46. The Morgan fingerprint density at radius 2 is 2.04 bits per heavy atom. The number of aromatic nitrogens is 1. The monoisotopic (exact) mass is 385 g/mol. The molecule has 0 spiro atoms. The Balaban J connectivity index is 1.83. The van der Waals surface area contributed by atoms with E-state index in [0.717, 1.165) is 17.8 Å². The second kappa shape index (κ2) is 6.60. The van der Waals surface area contributed by atoms with Crippen molar-refractivity contribution in [3.8, 4) is 5.75 Å². The molecule has 0 aliphatic heterocycles. The number of halogens is 3. The van der Waals surface area contributed by atoms with Crippen molar-refractivity contribution in [2.24, 2.45) is 5.73 Å². The average Bonchev–Trinajstić information content (AvgIpc) is 2.93. The highest BCUT2D eigenvalue weighted by atomic mass is 32.1. The molecule has 0 atom stereocenters. The van der Waals surface area contributed by atoms with E-state index >= 15 is 0 Å². The van der Waals surface area contributed by atoms with Gasteiger partial charge in [-0.05, 0) is 30.5 Å². The number of nitrogens with two attached hydrogens (primary N) is 1. The van der Waals surface area contributed by atoms with Gasteiger partial charge in [0, 0.05) is 5.38 Å². The van der Waals surface area contributed by atoms with E-state index in [0.29, 0.717) is 18.4 Å². The zero-order chi connectivity index (χ0) is 18.9. The molecule has 1 aliphatic carbocycles. The largest absolute Gasteiger partial charge is 0.573 e. The minimum absolute atomic E-state index is 0.0357. The fourth-order valence-corrected chi connectivity index (χ4v) is 3.52. The van der Waals surface area contributed by atoms with Gasteiger partial charge in [0.15, 0.2) is 5.13 Å². The molecule has 1 aromatic heterocycles. The van der Waals surface area contributed by atoms with E-state index in [4.69, 9.17) is 5.73 Å². The minimum atomic E-state index is -4.81. The van der Waals surface area contributed by atoms with Crippen LogP contribution in [0.5, 0.6) is 5.75 Å². The Hall–Kier alpha value is -2.62. The van der Waals surface area contributed by atoms with Gasteiger partial charge in [-0.25, -0.2) is 4.98 Å². The fraction of sp³-hybridized carbons (Fsp3) is 0.312. The summed E-state index contributed by atoms with van der Waals surface area (Å²) in [5, 5.41) is 4.25. The minimum Gasteiger partial charge on any atom is -0.406 e. The van der Waals surface area contributed by atoms with Crippen LogP contribution in [-0.2, 0) is 10.2 Å². The van der Waals surface area contributed by atoms with Crippen molar-refractivity contribution in [3.63, 3.8) is 0 Å². The molecular weight excluding hydrogens is 371 g/mol. The number of primary amides is 1. The maximum atomic E-state index is 12.8.